The van der Waals surface area contributed by atoms with Crippen LogP contribution in [0, 0.1) is 5.41 Å². The number of hydrogen-bond acceptors (Lipinski definition) is 4. The van der Waals surface area contributed by atoms with E-state index in [0.29, 0.717) is 19.6 Å². The monoisotopic (exact) mass is 321 g/mol. The van der Waals surface area contributed by atoms with Crippen LogP contribution in [0.3, 0.4) is 0 Å². The maximum atomic E-state index is 12.1. The summed E-state index contributed by atoms with van der Waals surface area (Å²) < 4.78 is 5.13. The van der Waals surface area contributed by atoms with E-state index in [1.165, 1.54) is 0 Å². The molecule has 0 fully saturated rings. The largest absolute Gasteiger partial charge is 0.478 e. The molecule has 0 radical (unpaired) electrons. The number of rotatable bonds is 8. The highest BCUT2D eigenvalue weighted by Gasteiger charge is 2.22. The third-order valence-electron chi connectivity index (χ3n) is 3.51. The van der Waals surface area contributed by atoms with E-state index in [4.69, 9.17) is 9.84 Å². The number of ether oxygens (including phenoxy) is 1. The predicted molar refractivity (Wildman–Crippen MR) is 89.4 cm³/mol. The van der Waals surface area contributed by atoms with Crippen molar-refractivity contribution in [2.75, 3.05) is 6.61 Å². The molecule has 5 heteroatoms. The van der Waals surface area contributed by atoms with Crippen molar-refractivity contribution in [2.45, 2.75) is 53.1 Å². The number of carboxylic acids is 1. The minimum atomic E-state index is -0.945. The lowest BCUT2D eigenvalue weighted by Crippen LogP contribution is -2.38. The molecule has 5 nitrogen and oxygen atoms in total. The van der Waals surface area contributed by atoms with Gasteiger partial charge in [0.1, 0.15) is 6.04 Å². The van der Waals surface area contributed by atoms with Crippen molar-refractivity contribution in [3.05, 3.63) is 35.4 Å². The maximum absolute atomic E-state index is 12.1. The molecule has 0 bridgehead atoms. The Hall–Kier alpha value is -1.88. The molecular formula is C18H27NO4. The quantitative estimate of drug-likeness (QED) is 0.719. The van der Waals surface area contributed by atoms with Gasteiger partial charge in [0.05, 0.1) is 12.2 Å². The zero-order valence-corrected chi connectivity index (χ0v) is 14.4. The van der Waals surface area contributed by atoms with Gasteiger partial charge in [-0.15, -0.1) is 0 Å². The summed E-state index contributed by atoms with van der Waals surface area (Å²) in [5.41, 5.74) is 1.33. The molecule has 0 aliphatic heterocycles. The summed E-state index contributed by atoms with van der Waals surface area (Å²) in [6.45, 7) is 9.07. The van der Waals surface area contributed by atoms with Gasteiger partial charge in [-0.3, -0.25) is 4.79 Å². The Morgan fingerprint density at radius 3 is 2.30 bits per heavy atom. The van der Waals surface area contributed by atoms with Crippen molar-refractivity contribution >= 4 is 11.9 Å². The number of esters is 1. The Bertz CT molecular complexity index is 517. The number of carbonyl (C=O) groups excluding carboxylic acids is 1. The van der Waals surface area contributed by atoms with Crippen LogP contribution in [0.2, 0.25) is 0 Å². The molecule has 0 saturated carbocycles. The van der Waals surface area contributed by atoms with Gasteiger partial charge in [0, 0.05) is 6.54 Å². The van der Waals surface area contributed by atoms with Crippen molar-refractivity contribution in [1.29, 1.82) is 0 Å². The Morgan fingerprint density at radius 1 is 1.22 bits per heavy atom. The van der Waals surface area contributed by atoms with Crippen molar-refractivity contribution < 1.29 is 19.4 Å². The summed E-state index contributed by atoms with van der Waals surface area (Å²) in [5.74, 6) is -1.18. The van der Waals surface area contributed by atoms with Crippen LogP contribution in [0.5, 0.6) is 0 Å². The molecule has 23 heavy (non-hydrogen) atoms. The molecule has 1 rings (SSSR count). The van der Waals surface area contributed by atoms with E-state index in [2.05, 4.69) is 26.1 Å². The second-order valence-electron chi connectivity index (χ2n) is 6.79. The molecule has 1 aromatic carbocycles. The SMILES string of the molecule is CCOC(=O)C(CCC(C)(C)C)NCc1ccc(C(=O)O)cc1. The van der Waals surface area contributed by atoms with Gasteiger partial charge >= 0.3 is 11.9 Å². The fourth-order valence-electron chi connectivity index (χ4n) is 2.13. The van der Waals surface area contributed by atoms with Crippen LogP contribution in [0.15, 0.2) is 24.3 Å². The molecule has 0 aromatic heterocycles. The first kappa shape index (κ1) is 19.2. The molecule has 0 saturated heterocycles. The average molecular weight is 321 g/mol. The summed E-state index contributed by atoms with van der Waals surface area (Å²) in [5, 5.41) is 12.1. The van der Waals surface area contributed by atoms with Crippen molar-refractivity contribution in [1.82, 2.24) is 5.32 Å². The Kier molecular flexibility index (Phi) is 7.23. The topological polar surface area (TPSA) is 75.6 Å². The Labute approximate surface area is 138 Å². The van der Waals surface area contributed by atoms with E-state index in [0.717, 1.165) is 12.0 Å². The minimum Gasteiger partial charge on any atom is -0.478 e. The first-order valence-electron chi connectivity index (χ1n) is 7.95. The van der Waals surface area contributed by atoms with E-state index < -0.39 is 5.97 Å². The fraction of sp³-hybridized carbons (Fsp3) is 0.556. The summed E-state index contributed by atoms with van der Waals surface area (Å²) in [6.07, 6.45) is 1.61. The molecule has 0 aliphatic carbocycles. The summed E-state index contributed by atoms with van der Waals surface area (Å²) in [7, 11) is 0. The van der Waals surface area contributed by atoms with Crippen molar-refractivity contribution in [3.8, 4) is 0 Å². The van der Waals surface area contributed by atoms with Crippen molar-refractivity contribution in [2.24, 2.45) is 5.41 Å². The standard InChI is InChI=1S/C18H27NO4/c1-5-23-17(22)15(10-11-18(2,3)4)19-12-13-6-8-14(9-7-13)16(20)21/h6-9,15,19H,5,10-12H2,1-4H3,(H,20,21). The highest BCUT2D eigenvalue weighted by atomic mass is 16.5. The highest BCUT2D eigenvalue weighted by Crippen LogP contribution is 2.22. The molecule has 2 N–H and O–H groups in total. The predicted octanol–water partition coefficient (Wildman–Crippen LogP) is 3.23. The van der Waals surface area contributed by atoms with Gasteiger partial charge in [-0.2, -0.15) is 0 Å². The van der Waals surface area contributed by atoms with E-state index >= 15 is 0 Å². The zero-order chi connectivity index (χ0) is 17.5. The molecule has 0 aliphatic rings. The van der Waals surface area contributed by atoms with Gasteiger partial charge in [0.15, 0.2) is 0 Å². The summed E-state index contributed by atoms with van der Waals surface area (Å²) in [4.78, 5) is 22.9. The lowest BCUT2D eigenvalue weighted by atomic mass is 9.88. The molecule has 0 spiro atoms. The van der Waals surface area contributed by atoms with Crippen LogP contribution in [-0.4, -0.2) is 29.7 Å². The van der Waals surface area contributed by atoms with Crippen LogP contribution in [0.1, 0.15) is 56.5 Å². The third kappa shape index (κ3) is 7.28. The zero-order valence-electron chi connectivity index (χ0n) is 14.4. The van der Waals surface area contributed by atoms with Gasteiger partial charge in [0.2, 0.25) is 0 Å². The number of carboxylic acid groups (broad SMARTS) is 1. The number of carbonyl (C=O) groups is 2. The van der Waals surface area contributed by atoms with E-state index in [1.54, 1.807) is 31.2 Å². The van der Waals surface area contributed by atoms with Crippen molar-refractivity contribution in [3.63, 3.8) is 0 Å². The van der Waals surface area contributed by atoms with Gasteiger partial charge in [-0.05, 0) is 42.9 Å². The van der Waals surface area contributed by atoms with Crippen LogP contribution >= 0.6 is 0 Å². The van der Waals surface area contributed by atoms with Crippen LogP contribution in [-0.2, 0) is 16.1 Å². The molecule has 1 unspecified atom stereocenters. The van der Waals surface area contributed by atoms with Gasteiger partial charge in [-0.1, -0.05) is 32.9 Å². The minimum absolute atomic E-state index is 0.148. The lowest BCUT2D eigenvalue weighted by Gasteiger charge is -2.23. The van der Waals surface area contributed by atoms with Gasteiger partial charge in [-0.25, -0.2) is 4.79 Å². The van der Waals surface area contributed by atoms with Crippen LogP contribution < -0.4 is 5.32 Å². The Morgan fingerprint density at radius 2 is 1.83 bits per heavy atom. The highest BCUT2D eigenvalue weighted by molar-refractivity contribution is 5.87. The van der Waals surface area contributed by atoms with Crippen LogP contribution in [0.4, 0.5) is 0 Å². The Balaban J connectivity index is 2.65. The van der Waals surface area contributed by atoms with Gasteiger partial charge < -0.3 is 15.2 Å². The average Bonchev–Trinajstić information content (AvgIpc) is 2.46. The molecule has 0 heterocycles. The number of nitrogens with one attached hydrogen (secondary N) is 1. The molecular weight excluding hydrogens is 294 g/mol. The first-order valence-corrected chi connectivity index (χ1v) is 7.95. The first-order chi connectivity index (χ1) is 10.7. The molecule has 0 amide bonds. The molecule has 1 atom stereocenters. The van der Waals surface area contributed by atoms with E-state index in [9.17, 15) is 9.59 Å². The molecule has 128 valence electrons. The normalized spacial score (nSPS) is 12.7. The third-order valence-corrected chi connectivity index (χ3v) is 3.51. The number of aromatic carboxylic acids is 1. The molecule has 1 aromatic rings. The van der Waals surface area contributed by atoms with Gasteiger partial charge in [0.25, 0.3) is 0 Å². The smallest absolute Gasteiger partial charge is 0.335 e. The number of benzene rings is 1. The maximum Gasteiger partial charge on any atom is 0.335 e. The summed E-state index contributed by atoms with van der Waals surface area (Å²) in [6, 6.07) is 6.28. The second kappa shape index (κ2) is 8.67. The van der Waals surface area contributed by atoms with E-state index in [1.807, 2.05) is 0 Å². The van der Waals surface area contributed by atoms with Crippen LogP contribution in [0.25, 0.3) is 0 Å². The number of hydrogen-bond donors (Lipinski definition) is 2. The lowest BCUT2D eigenvalue weighted by molar-refractivity contribution is -0.146. The summed E-state index contributed by atoms with van der Waals surface area (Å²) >= 11 is 0. The van der Waals surface area contributed by atoms with E-state index in [-0.39, 0.29) is 23.0 Å². The fourth-order valence-corrected chi connectivity index (χ4v) is 2.13. The second-order valence-corrected chi connectivity index (χ2v) is 6.79.